The lowest BCUT2D eigenvalue weighted by Gasteiger charge is -2.65. The summed E-state index contributed by atoms with van der Waals surface area (Å²) < 4.78 is 10.9. The highest BCUT2D eigenvalue weighted by Gasteiger charge is 2.71. The third kappa shape index (κ3) is 3.41. The van der Waals surface area contributed by atoms with Gasteiger partial charge < -0.3 is 24.5 Å². The second-order valence-electron chi connectivity index (χ2n) is 12.3. The predicted molar refractivity (Wildman–Crippen MR) is 131 cm³/mol. The maximum absolute atomic E-state index is 12.9. The van der Waals surface area contributed by atoms with Gasteiger partial charge in [0, 0.05) is 30.3 Å². The number of pyridine rings is 1. The van der Waals surface area contributed by atoms with Gasteiger partial charge in [-0.1, -0.05) is 6.92 Å². The van der Waals surface area contributed by atoms with Crippen molar-refractivity contribution in [2.24, 2.45) is 28.6 Å². The Labute approximate surface area is 216 Å². The molecule has 2 unspecified atom stereocenters. The van der Waals surface area contributed by atoms with Crippen molar-refractivity contribution < 1.29 is 34.1 Å². The van der Waals surface area contributed by atoms with Crippen molar-refractivity contribution >= 4 is 18.2 Å². The van der Waals surface area contributed by atoms with Crippen LogP contribution in [0, 0.1) is 28.6 Å². The van der Waals surface area contributed by atoms with Crippen molar-refractivity contribution in [3.63, 3.8) is 0 Å². The van der Waals surface area contributed by atoms with Gasteiger partial charge in [0.1, 0.15) is 19.0 Å². The molecular formula is C29H35NO7. The number of aldehydes is 1. The molecule has 8 heteroatoms. The summed E-state index contributed by atoms with van der Waals surface area (Å²) >= 11 is 0. The third-order valence-corrected chi connectivity index (χ3v) is 11.0. The van der Waals surface area contributed by atoms with Crippen LogP contribution in [0.5, 0.6) is 0 Å². The number of aliphatic hydroxyl groups is 2. The molecule has 1 aliphatic heterocycles. The van der Waals surface area contributed by atoms with Crippen LogP contribution in [0.1, 0.15) is 75.1 Å². The molecular weight excluding hydrogens is 474 g/mol. The maximum atomic E-state index is 12.9. The lowest BCUT2D eigenvalue weighted by molar-refractivity contribution is -0.248. The molecule has 4 saturated carbocycles. The quantitative estimate of drug-likeness (QED) is 0.469. The zero-order chi connectivity index (χ0) is 26.1. The van der Waals surface area contributed by atoms with Crippen LogP contribution in [0.2, 0.25) is 0 Å². The monoisotopic (exact) mass is 509 g/mol. The number of hydrogen-bond acceptors (Lipinski definition) is 8. The fourth-order valence-electron chi connectivity index (χ4n) is 9.12. The summed E-state index contributed by atoms with van der Waals surface area (Å²) in [6.07, 6.45) is 10.0. The molecule has 1 aromatic rings. The molecule has 8 nitrogen and oxygen atoms in total. The number of aromatic nitrogens is 1. The molecule has 1 aromatic heterocycles. The molecule has 4 fully saturated rings. The number of hydrogen-bond donors (Lipinski definition) is 2. The highest BCUT2D eigenvalue weighted by atomic mass is 16.5. The predicted octanol–water partition coefficient (Wildman–Crippen LogP) is 3.16. The van der Waals surface area contributed by atoms with Crippen molar-refractivity contribution in [2.45, 2.75) is 82.0 Å². The van der Waals surface area contributed by atoms with E-state index < -0.39 is 34.1 Å². The number of fused-ring (bicyclic) bond motifs is 5. The molecule has 0 bridgehead atoms. The van der Waals surface area contributed by atoms with Gasteiger partial charge in [0.25, 0.3) is 0 Å². The van der Waals surface area contributed by atoms with E-state index in [0.717, 1.165) is 24.7 Å². The SMILES string of the molecule is C[C@]12CCC3C(CC[C@]4(O)C[C@@H](OC(=O)c5cccnc5)CC[C@]34C=O)[C@@]1(O)CC[C@@H]2C1=CC(=O)OC1. The zero-order valence-corrected chi connectivity index (χ0v) is 21.2. The molecule has 0 amide bonds. The molecule has 0 aromatic carbocycles. The molecule has 37 heavy (non-hydrogen) atoms. The normalized spacial score (nSPS) is 44.6. The van der Waals surface area contributed by atoms with Gasteiger partial charge in [0.05, 0.1) is 22.2 Å². The minimum atomic E-state index is -1.29. The molecule has 198 valence electrons. The number of esters is 2. The Morgan fingerprint density at radius 1 is 1.14 bits per heavy atom. The maximum Gasteiger partial charge on any atom is 0.339 e. The average Bonchev–Trinajstić information content (AvgIpc) is 3.43. The van der Waals surface area contributed by atoms with E-state index in [1.165, 1.54) is 6.20 Å². The van der Waals surface area contributed by atoms with Crippen LogP contribution in [0.3, 0.4) is 0 Å². The Morgan fingerprint density at radius 2 is 1.95 bits per heavy atom. The van der Waals surface area contributed by atoms with Crippen LogP contribution in [0.25, 0.3) is 0 Å². The molecule has 8 atom stereocenters. The first kappa shape index (κ1) is 24.7. The van der Waals surface area contributed by atoms with Gasteiger partial charge in [-0.3, -0.25) is 4.98 Å². The van der Waals surface area contributed by atoms with Crippen molar-refractivity contribution in [1.29, 1.82) is 0 Å². The van der Waals surface area contributed by atoms with Crippen LogP contribution >= 0.6 is 0 Å². The Morgan fingerprint density at radius 3 is 2.65 bits per heavy atom. The molecule has 2 heterocycles. The lowest BCUT2D eigenvalue weighted by Crippen LogP contribution is -2.69. The number of ether oxygens (including phenoxy) is 2. The molecule has 5 aliphatic rings. The second-order valence-corrected chi connectivity index (χ2v) is 12.3. The Bertz CT molecular complexity index is 1150. The fourth-order valence-corrected chi connectivity index (χ4v) is 9.12. The number of carbonyl (C=O) groups excluding carboxylic acids is 3. The van der Waals surface area contributed by atoms with Crippen LogP contribution in [0.15, 0.2) is 36.2 Å². The van der Waals surface area contributed by atoms with Gasteiger partial charge >= 0.3 is 11.9 Å². The molecule has 4 aliphatic carbocycles. The van der Waals surface area contributed by atoms with Crippen molar-refractivity contribution in [3.05, 3.63) is 41.7 Å². The van der Waals surface area contributed by atoms with Crippen LogP contribution in [0.4, 0.5) is 0 Å². The van der Waals surface area contributed by atoms with Crippen LogP contribution < -0.4 is 0 Å². The summed E-state index contributed by atoms with van der Waals surface area (Å²) in [5.41, 5.74) is -2.33. The smallest absolute Gasteiger partial charge is 0.339 e. The summed E-state index contributed by atoms with van der Waals surface area (Å²) in [5.74, 6) is -0.981. The summed E-state index contributed by atoms with van der Waals surface area (Å²) in [6, 6.07) is 3.32. The van der Waals surface area contributed by atoms with Gasteiger partial charge in [-0.05, 0) is 86.8 Å². The van der Waals surface area contributed by atoms with Crippen LogP contribution in [-0.2, 0) is 19.1 Å². The lowest BCUT2D eigenvalue weighted by atomic mass is 9.41. The van der Waals surface area contributed by atoms with E-state index in [0.29, 0.717) is 50.7 Å². The van der Waals surface area contributed by atoms with Gasteiger partial charge in [-0.2, -0.15) is 0 Å². The largest absolute Gasteiger partial charge is 0.459 e. The Hall–Kier alpha value is -2.58. The van der Waals surface area contributed by atoms with Gasteiger partial charge in [-0.25, -0.2) is 9.59 Å². The first-order chi connectivity index (χ1) is 17.7. The van der Waals surface area contributed by atoms with E-state index in [9.17, 15) is 24.6 Å². The minimum Gasteiger partial charge on any atom is -0.459 e. The highest BCUT2D eigenvalue weighted by Crippen LogP contribution is 2.70. The number of nitrogens with zero attached hydrogens (tertiary/aromatic N) is 1. The van der Waals surface area contributed by atoms with Gasteiger partial charge in [0.2, 0.25) is 0 Å². The Balaban J connectivity index is 1.25. The summed E-state index contributed by atoms with van der Waals surface area (Å²) in [7, 11) is 0. The standard InChI is InChI=1S/C29H35NO7/c1-26-8-5-22-23(29(26,35)11-7-21(26)19-13-24(32)36-16-19)6-10-28(34)14-20(4-9-27(22,28)17-31)37-25(33)18-3-2-12-30-15-18/h2-3,12-13,15,17,20-23,34-35H,4-11,14,16H2,1H3/t20-,21+,22?,23?,26+,27-,28-,29-/m0/s1. The number of rotatable bonds is 4. The van der Waals surface area contributed by atoms with E-state index in [2.05, 4.69) is 11.9 Å². The first-order valence-corrected chi connectivity index (χ1v) is 13.6. The molecule has 0 saturated heterocycles. The molecule has 6 rings (SSSR count). The highest BCUT2D eigenvalue weighted by molar-refractivity contribution is 5.89. The van der Waals surface area contributed by atoms with Crippen molar-refractivity contribution in [1.82, 2.24) is 4.98 Å². The van der Waals surface area contributed by atoms with Crippen molar-refractivity contribution in [2.75, 3.05) is 6.61 Å². The summed E-state index contributed by atoms with van der Waals surface area (Å²) in [4.78, 5) is 41.3. The van der Waals surface area contributed by atoms with E-state index in [1.807, 2.05) is 0 Å². The van der Waals surface area contributed by atoms with E-state index in [1.54, 1.807) is 24.4 Å². The second kappa shape index (κ2) is 8.46. The number of cyclic esters (lactones) is 1. The van der Waals surface area contributed by atoms with E-state index in [-0.39, 0.29) is 30.1 Å². The molecule has 0 spiro atoms. The van der Waals surface area contributed by atoms with E-state index >= 15 is 0 Å². The molecule has 2 N–H and O–H groups in total. The zero-order valence-electron chi connectivity index (χ0n) is 21.2. The van der Waals surface area contributed by atoms with Gasteiger partial charge in [0.15, 0.2) is 0 Å². The third-order valence-electron chi connectivity index (χ3n) is 11.0. The minimum absolute atomic E-state index is 0.0699. The Kier molecular flexibility index (Phi) is 5.66. The first-order valence-electron chi connectivity index (χ1n) is 13.6. The summed E-state index contributed by atoms with van der Waals surface area (Å²) in [5, 5.41) is 24.3. The van der Waals surface area contributed by atoms with Gasteiger partial charge in [-0.15, -0.1) is 0 Å². The number of carbonyl (C=O) groups is 3. The average molecular weight is 510 g/mol. The van der Waals surface area contributed by atoms with E-state index in [4.69, 9.17) is 9.47 Å². The van der Waals surface area contributed by atoms with Crippen molar-refractivity contribution in [3.8, 4) is 0 Å². The van der Waals surface area contributed by atoms with Crippen LogP contribution in [-0.4, -0.2) is 57.3 Å². The topological polar surface area (TPSA) is 123 Å². The summed E-state index contributed by atoms with van der Waals surface area (Å²) in [6.45, 7) is 2.42. The fraction of sp³-hybridized carbons (Fsp3) is 0.655. The molecule has 0 radical (unpaired) electrons.